The van der Waals surface area contributed by atoms with Crippen LogP contribution < -0.4 is 4.74 Å². The van der Waals surface area contributed by atoms with E-state index in [1.54, 1.807) is 0 Å². The average molecular weight is 202 g/mol. The molecule has 1 rings (SSSR count). The van der Waals surface area contributed by atoms with Crippen molar-refractivity contribution >= 4 is 15.4 Å². The maximum atomic E-state index is 12.8. The smallest absolute Gasteiger partial charge is 0.134 e. The van der Waals surface area contributed by atoms with Gasteiger partial charge in [0, 0.05) is 6.26 Å². The molecule has 1 aromatic rings. The third kappa shape index (κ3) is 2.21. The minimum Gasteiger partial charge on any atom is -0.496 e. The van der Waals surface area contributed by atoms with Crippen molar-refractivity contribution in [3.05, 3.63) is 24.0 Å². The Labute approximate surface area is 77.4 Å². The van der Waals surface area contributed by atoms with E-state index in [9.17, 15) is 8.60 Å². The average Bonchev–Trinajstić information content (AvgIpc) is 2.03. The predicted molar refractivity (Wildman–Crippen MR) is 52.4 cm³/mol. The second-order valence-electron chi connectivity index (χ2n) is 2.80. The Hall–Kier alpha value is -1.03. The number of benzene rings is 1. The van der Waals surface area contributed by atoms with Gasteiger partial charge in [-0.2, -0.15) is 0 Å². The molecule has 0 aliphatic rings. The summed E-state index contributed by atoms with van der Waals surface area (Å²) in [5.74, 6) is 3.44. The van der Waals surface area contributed by atoms with Crippen molar-refractivity contribution in [1.82, 2.24) is 0 Å². The molecule has 0 aromatic heterocycles. The standard InChI is InChI=1S/C9H11FO2S/c1-12-8-5-4-7(10)6-9(8)13(2,3)11/h4-6H,2H2,1,3H3. The zero-order chi connectivity index (χ0) is 10.1. The van der Waals surface area contributed by atoms with Gasteiger partial charge in [-0.15, -0.1) is 0 Å². The summed E-state index contributed by atoms with van der Waals surface area (Å²) >= 11 is 0. The maximum Gasteiger partial charge on any atom is 0.134 e. The zero-order valence-corrected chi connectivity index (χ0v) is 8.36. The van der Waals surface area contributed by atoms with Gasteiger partial charge in [0.1, 0.15) is 11.6 Å². The summed E-state index contributed by atoms with van der Waals surface area (Å²) in [6.45, 7) is 0. The lowest BCUT2D eigenvalue weighted by Gasteiger charge is -2.08. The quantitative estimate of drug-likeness (QED) is 0.680. The Balaban J connectivity index is 3.41. The first-order valence-corrected chi connectivity index (χ1v) is 5.74. The molecule has 0 fully saturated rings. The molecular formula is C9H11FO2S. The van der Waals surface area contributed by atoms with Gasteiger partial charge in [-0.05, 0) is 33.6 Å². The van der Waals surface area contributed by atoms with Gasteiger partial charge in [-0.1, -0.05) is 0 Å². The van der Waals surface area contributed by atoms with E-state index in [1.165, 1.54) is 31.6 Å². The first-order chi connectivity index (χ1) is 5.95. The second kappa shape index (κ2) is 3.38. The Morgan fingerprint density at radius 2 is 2.15 bits per heavy atom. The molecule has 0 aliphatic heterocycles. The van der Waals surface area contributed by atoms with Crippen LogP contribution in [0.1, 0.15) is 0 Å². The van der Waals surface area contributed by atoms with Crippen molar-refractivity contribution < 1.29 is 13.3 Å². The molecule has 0 saturated heterocycles. The van der Waals surface area contributed by atoms with Gasteiger partial charge in [0.05, 0.1) is 12.0 Å². The summed E-state index contributed by atoms with van der Waals surface area (Å²) in [5.41, 5.74) is 0. The van der Waals surface area contributed by atoms with Crippen LogP contribution >= 0.6 is 0 Å². The number of halogens is 1. The summed E-state index contributed by atoms with van der Waals surface area (Å²) in [6.07, 6.45) is 1.45. The van der Waals surface area contributed by atoms with Gasteiger partial charge in [0.25, 0.3) is 0 Å². The highest BCUT2D eigenvalue weighted by molar-refractivity contribution is 7.99. The van der Waals surface area contributed by atoms with Crippen LogP contribution in [-0.2, 0) is 9.52 Å². The molecule has 72 valence electrons. The zero-order valence-electron chi connectivity index (χ0n) is 7.54. The van der Waals surface area contributed by atoms with Gasteiger partial charge in [-0.25, -0.2) is 4.39 Å². The molecule has 0 saturated carbocycles. The van der Waals surface area contributed by atoms with Gasteiger partial charge in [0.2, 0.25) is 0 Å². The first-order valence-electron chi connectivity index (χ1n) is 3.61. The third-order valence-corrected chi connectivity index (χ3v) is 2.84. The van der Waals surface area contributed by atoms with Gasteiger partial charge in [-0.3, -0.25) is 4.21 Å². The van der Waals surface area contributed by atoms with Crippen LogP contribution in [0.15, 0.2) is 23.1 Å². The summed E-state index contributed by atoms with van der Waals surface area (Å²) < 4.78 is 29.3. The van der Waals surface area contributed by atoms with E-state index < -0.39 is 15.3 Å². The topological polar surface area (TPSA) is 26.3 Å². The lowest BCUT2D eigenvalue weighted by Crippen LogP contribution is -2.00. The minimum atomic E-state index is -2.43. The molecule has 0 radical (unpaired) electrons. The lowest BCUT2D eigenvalue weighted by molar-refractivity contribution is 0.402. The second-order valence-corrected chi connectivity index (χ2v) is 5.25. The van der Waals surface area contributed by atoms with Gasteiger partial charge in [0.15, 0.2) is 0 Å². The number of hydrogen-bond donors (Lipinski definition) is 0. The molecule has 0 spiro atoms. The fourth-order valence-electron chi connectivity index (χ4n) is 0.988. The van der Waals surface area contributed by atoms with E-state index in [0.29, 0.717) is 10.6 Å². The Bertz CT molecular complexity index is 410. The monoisotopic (exact) mass is 202 g/mol. The minimum absolute atomic E-state index is 0.315. The van der Waals surface area contributed by atoms with Crippen LogP contribution in [0.2, 0.25) is 0 Å². The summed E-state index contributed by atoms with van der Waals surface area (Å²) in [4.78, 5) is 0.315. The fraction of sp³-hybridized carbons (Fsp3) is 0.222. The Morgan fingerprint density at radius 1 is 1.54 bits per heavy atom. The van der Waals surface area contributed by atoms with E-state index in [1.807, 2.05) is 0 Å². The highest BCUT2D eigenvalue weighted by atomic mass is 32.2. The van der Waals surface area contributed by atoms with Crippen LogP contribution in [0.4, 0.5) is 4.39 Å². The molecule has 0 amide bonds. The first kappa shape index (κ1) is 10.1. The molecule has 0 bridgehead atoms. The molecule has 4 heteroatoms. The molecule has 1 aromatic carbocycles. The molecule has 13 heavy (non-hydrogen) atoms. The maximum absolute atomic E-state index is 12.8. The van der Waals surface area contributed by atoms with Crippen LogP contribution in [0.5, 0.6) is 5.75 Å². The van der Waals surface area contributed by atoms with Crippen LogP contribution in [-0.4, -0.2) is 23.4 Å². The number of rotatable bonds is 2. The largest absolute Gasteiger partial charge is 0.496 e. The molecule has 2 nitrogen and oxygen atoms in total. The third-order valence-electron chi connectivity index (χ3n) is 1.59. The van der Waals surface area contributed by atoms with Crippen molar-refractivity contribution in [3.8, 4) is 5.75 Å². The summed E-state index contributed by atoms with van der Waals surface area (Å²) in [6, 6.07) is 3.89. The summed E-state index contributed by atoms with van der Waals surface area (Å²) in [7, 11) is -0.987. The van der Waals surface area contributed by atoms with Crippen molar-refractivity contribution in [2.45, 2.75) is 4.90 Å². The van der Waals surface area contributed by atoms with Crippen molar-refractivity contribution in [3.63, 3.8) is 0 Å². The van der Waals surface area contributed by atoms with Crippen LogP contribution in [0.25, 0.3) is 0 Å². The Kier molecular flexibility index (Phi) is 2.61. The molecule has 0 heterocycles. The fourth-order valence-corrected chi connectivity index (χ4v) is 1.93. The van der Waals surface area contributed by atoms with Crippen LogP contribution in [0.3, 0.4) is 0 Å². The van der Waals surface area contributed by atoms with Gasteiger partial charge < -0.3 is 4.74 Å². The molecule has 0 N–H and O–H groups in total. The summed E-state index contributed by atoms with van der Waals surface area (Å²) in [5, 5.41) is 0. The van der Waals surface area contributed by atoms with Gasteiger partial charge >= 0.3 is 0 Å². The molecule has 1 atom stereocenters. The van der Waals surface area contributed by atoms with Crippen molar-refractivity contribution in [1.29, 1.82) is 0 Å². The highest BCUT2D eigenvalue weighted by Gasteiger charge is 2.09. The van der Waals surface area contributed by atoms with Crippen molar-refractivity contribution in [2.24, 2.45) is 0 Å². The number of methoxy groups -OCH3 is 1. The van der Waals surface area contributed by atoms with E-state index in [0.717, 1.165) is 0 Å². The SMILES string of the molecule is C=S(C)(=O)c1cc(F)ccc1OC. The van der Waals surface area contributed by atoms with Crippen molar-refractivity contribution in [2.75, 3.05) is 13.4 Å². The predicted octanol–water partition coefficient (Wildman–Crippen LogP) is 1.54. The number of ether oxygens (including phenoxy) is 1. The normalized spacial score (nSPS) is 15.0. The van der Waals surface area contributed by atoms with E-state index in [2.05, 4.69) is 5.87 Å². The van der Waals surface area contributed by atoms with E-state index in [4.69, 9.17) is 4.74 Å². The number of hydrogen-bond acceptors (Lipinski definition) is 2. The molecule has 1 unspecified atom stereocenters. The molecule has 0 aliphatic carbocycles. The lowest BCUT2D eigenvalue weighted by atomic mass is 10.3. The molecular weight excluding hydrogens is 191 g/mol. The van der Waals surface area contributed by atoms with E-state index in [-0.39, 0.29) is 0 Å². The van der Waals surface area contributed by atoms with E-state index >= 15 is 0 Å². The van der Waals surface area contributed by atoms with Crippen LogP contribution in [0, 0.1) is 5.82 Å². The highest BCUT2D eigenvalue weighted by Crippen LogP contribution is 2.23. The Morgan fingerprint density at radius 3 is 2.62 bits per heavy atom.